The van der Waals surface area contributed by atoms with Crippen LogP contribution in [-0.2, 0) is 11.3 Å². The van der Waals surface area contributed by atoms with Gasteiger partial charge in [-0.15, -0.1) is 0 Å². The molecular weight excluding hydrogens is 309 g/mol. The second-order valence-electron chi connectivity index (χ2n) is 6.97. The van der Waals surface area contributed by atoms with Crippen LogP contribution in [0.25, 0.3) is 11.3 Å². The van der Waals surface area contributed by atoms with Crippen LogP contribution < -0.4 is 0 Å². The molecule has 1 saturated carbocycles. The minimum Gasteiger partial charge on any atom is -0.481 e. The summed E-state index contributed by atoms with van der Waals surface area (Å²) in [6.45, 7) is 1.94. The Morgan fingerprint density at radius 1 is 1.33 bits per heavy atom. The second-order valence-corrected chi connectivity index (χ2v) is 6.97. The van der Waals surface area contributed by atoms with Crippen LogP contribution in [0.3, 0.4) is 0 Å². The Kier molecular flexibility index (Phi) is 3.68. The lowest BCUT2D eigenvalue weighted by molar-refractivity contribution is -0.149. The number of likely N-dealkylation sites (tertiary alicyclic amines) is 1. The van der Waals surface area contributed by atoms with Crippen LogP contribution in [0.2, 0.25) is 0 Å². The summed E-state index contributed by atoms with van der Waals surface area (Å²) in [6.07, 6.45) is 2.76. The molecule has 4 nitrogen and oxygen atoms in total. The number of hydrogen-bond acceptors (Lipinski definition) is 3. The summed E-state index contributed by atoms with van der Waals surface area (Å²) >= 11 is 0. The van der Waals surface area contributed by atoms with Gasteiger partial charge in [0, 0.05) is 13.1 Å². The Bertz CT molecular complexity index is 771. The summed E-state index contributed by atoms with van der Waals surface area (Å²) < 4.78 is 19.6. The maximum Gasteiger partial charge on any atom is 0.311 e. The van der Waals surface area contributed by atoms with Crippen molar-refractivity contribution in [2.45, 2.75) is 25.8 Å². The number of halogens is 1. The van der Waals surface area contributed by atoms with E-state index >= 15 is 0 Å². The van der Waals surface area contributed by atoms with E-state index in [0.29, 0.717) is 24.4 Å². The van der Waals surface area contributed by atoms with E-state index in [0.717, 1.165) is 31.6 Å². The predicted molar refractivity (Wildman–Crippen MR) is 86.8 cm³/mol. The molecule has 24 heavy (non-hydrogen) atoms. The van der Waals surface area contributed by atoms with E-state index in [1.165, 1.54) is 6.07 Å². The maximum atomic E-state index is 13.8. The number of aliphatic carboxylic acids is 1. The fourth-order valence-corrected chi connectivity index (χ4v) is 4.35. The van der Waals surface area contributed by atoms with E-state index in [1.54, 1.807) is 24.3 Å². The minimum absolute atomic E-state index is 0.232. The molecule has 126 valence electrons. The number of carboxylic acids is 1. The van der Waals surface area contributed by atoms with E-state index in [9.17, 15) is 14.3 Å². The molecule has 0 unspecified atom stereocenters. The number of rotatable bonds is 4. The van der Waals surface area contributed by atoms with Crippen LogP contribution >= 0.6 is 0 Å². The summed E-state index contributed by atoms with van der Waals surface area (Å²) in [5.41, 5.74) is -0.134. The lowest BCUT2D eigenvalue weighted by Gasteiger charge is -2.23. The quantitative estimate of drug-likeness (QED) is 0.928. The van der Waals surface area contributed by atoms with Crippen LogP contribution in [0.15, 0.2) is 40.8 Å². The third-order valence-electron chi connectivity index (χ3n) is 5.55. The Balaban J connectivity index is 1.50. The lowest BCUT2D eigenvalue weighted by Crippen LogP contribution is -2.35. The van der Waals surface area contributed by atoms with Crippen LogP contribution in [-0.4, -0.2) is 29.1 Å². The molecule has 0 amide bonds. The van der Waals surface area contributed by atoms with Gasteiger partial charge in [0.05, 0.1) is 17.5 Å². The minimum atomic E-state index is -0.668. The van der Waals surface area contributed by atoms with Gasteiger partial charge in [0.2, 0.25) is 0 Å². The first-order valence-corrected chi connectivity index (χ1v) is 8.38. The molecule has 1 N–H and O–H groups in total. The topological polar surface area (TPSA) is 53.7 Å². The lowest BCUT2D eigenvalue weighted by atomic mass is 9.81. The summed E-state index contributed by atoms with van der Waals surface area (Å²) in [5.74, 6) is 0.512. The summed E-state index contributed by atoms with van der Waals surface area (Å²) in [5, 5.41) is 9.65. The van der Waals surface area contributed by atoms with Gasteiger partial charge in [-0.2, -0.15) is 0 Å². The smallest absolute Gasteiger partial charge is 0.311 e. The molecule has 2 aromatic rings. The van der Waals surface area contributed by atoms with Gasteiger partial charge in [0.15, 0.2) is 0 Å². The van der Waals surface area contributed by atoms with E-state index < -0.39 is 11.4 Å². The van der Waals surface area contributed by atoms with E-state index in [-0.39, 0.29) is 11.7 Å². The van der Waals surface area contributed by atoms with E-state index in [1.807, 2.05) is 6.07 Å². The van der Waals surface area contributed by atoms with Crippen molar-refractivity contribution in [1.82, 2.24) is 4.90 Å². The van der Waals surface area contributed by atoms with E-state index in [4.69, 9.17) is 4.42 Å². The first-order chi connectivity index (χ1) is 11.6. The van der Waals surface area contributed by atoms with Gasteiger partial charge in [0.1, 0.15) is 17.3 Å². The van der Waals surface area contributed by atoms with Gasteiger partial charge < -0.3 is 9.52 Å². The van der Waals surface area contributed by atoms with Gasteiger partial charge in [-0.05, 0) is 43.0 Å². The van der Waals surface area contributed by atoms with Crippen molar-refractivity contribution < 1.29 is 18.7 Å². The maximum absolute atomic E-state index is 13.8. The SMILES string of the molecule is O=C(O)[C@@]12CCC[C@H]1CN(Cc1ccc(-c3ccccc3F)o1)C2. The fourth-order valence-electron chi connectivity index (χ4n) is 4.35. The standard InChI is InChI=1S/C19H20FNO3/c20-16-6-2-1-5-15(16)17-8-7-14(24-17)11-21-10-13-4-3-9-19(13,12-21)18(22)23/h1-2,5-8,13H,3-4,9-12H2,(H,22,23)/t13-,19+/m0/s1. The summed E-state index contributed by atoms with van der Waals surface area (Å²) in [6, 6.07) is 10.2. The highest BCUT2D eigenvalue weighted by molar-refractivity contribution is 5.76. The number of fused-ring (bicyclic) bond motifs is 1. The number of carboxylic acid groups (broad SMARTS) is 1. The molecule has 1 aromatic carbocycles. The second kappa shape index (κ2) is 5.74. The molecule has 1 aliphatic carbocycles. The third kappa shape index (κ3) is 2.44. The first-order valence-electron chi connectivity index (χ1n) is 8.38. The van der Waals surface area contributed by atoms with Crippen LogP contribution in [0.4, 0.5) is 4.39 Å². The Morgan fingerprint density at radius 3 is 2.92 bits per heavy atom. The zero-order valence-electron chi connectivity index (χ0n) is 13.4. The largest absolute Gasteiger partial charge is 0.481 e. The van der Waals surface area contributed by atoms with Crippen molar-refractivity contribution in [2.75, 3.05) is 13.1 Å². The molecule has 1 saturated heterocycles. The molecule has 4 rings (SSSR count). The molecule has 1 aromatic heterocycles. The predicted octanol–water partition coefficient (Wildman–Crippen LogP) is 3.77. The molecular formula is C19H20FNO3. The number of hydrogen-bond donors (Lipinski definition) is 1. The molecule has 2 atom stereocenters. The highest BCUT2D eigenvalue weighted by Crippen LogP contribution is 2.49. The van der Waals surface area contributed by atoms with E-state index in [2.05, 4.69) is 4.90 Å². The molecule has 2 heterocycles. The molecule has 5 heteroatoms. The van der Waals surface area contributed by atoms with Gasteiger partial charge in [0.25, 0.3) is 0 Å². The molecule has 0 spiro atoms. The monoisotopic (exact) mass is 329 g/mol. The van der Waals surface area contributed by atoms with Crippen LogP contribution in [0.1, 0.15) is 25.0 Å². The third-order valence-corrected chi connectivity index (χ3v) is 5.55. The van der Waals surface area contributed by atoms with Gasteiger partial charge in [-0.1, -0.05) is 18.6 Å². The average molecular weight is 329 g/mol. The summed E-state index contributed by atoms with van der Waals surface area (Å²) in [4.78, 5) is 13.9. The Morgan fingerprint density at radius 2 is 2.17 bits per heavy atom. The first kappa shape index (κ1) is 15.4. The number of nitrogens with zero attached hydrogens (tertiary/aromatic N) is 1. The zero-order chi connectivity index (χ0) is 16.7. The fraction of sp³-hybridized carbons (Fsp3) is 0.421. The normalized spacial score (nSPS) is 26.6. The number of carbonyl (C=O) groups is 1. The molecule has 0 bridgehead atoms. The van der Waals surface area contributed by atoms with Crippen molar-refractivity contribution >= 4 is 5.97 Å². The van der Waals surface area contributed by atoms with Crippen molar-refractivity contribution in [2.24, 2.45) is 11.3 Å². The van der Waals surface area contributed by atoms with Crippen LogP contribution in [0, 0.1) is 17.2 Å². The highest BCUT2D eigenvalue weighted by atomic mass is 19.1. The van der Waals surface area contributed by atoms with Crippen molar-refractivity contribution in [3.8, 4) is 11.3 Å². The van der Waals surface area contributed by atoms with Crippen molar-refractivity contribution in [1.29, 1.82) is 0 Å². The molecule has 2 aliphatic rings. The van der Waals surface area contributed by atoms with Crippen molar-refractivity contribution in [3.63, 3.8) is 0 Å². The van der Waals surface area contributed by atoms with Gasteiger partial charge >= 0.3 is 5.97 Å². The molecule has 0 radical (unpaired) electrons. The number of benzene rings is 1. The Labute approximate surface area is 139 Å². The summed E-state index contributed by atoms with van der Waals surface area (Å²) in [7, 11) is 0. The van der Waals surface area contributed by atoms with Crippen LogP contribution in [0.5, 0.6) is 0 Å². The number of furan rings is 1. The van der Waals surface area contributed by atoms with Crippen molar-refractivity contribution in [3.05, 3.63) is 48.0 Å². The van der Waals surface area contributed by atoms with Gasteiger partial charge in [-0.25, -0.2) is 4.39 Å². The van der Waals surface area contributed by atoms with Gasteiger partial charge in [-0.3, -0.25) is 9.69 Å². The Hall–Kier alpha value is -2.14. The average Bonchev–Trinajstić information content (AvgIpc) is 3.22. The molecule has 1 aliphatic heterocycles. The highest BCUT2D eigenvalue weighted by Gasteiger charge is 2.54. The zero-order valence-corrected chi connectivity index (χ0v) is 13.4. The molecule has 2 fully saturated rings.